The molecule has 226 valence electrons. The van der Waals surface area contributed by atoms with Gasteiger partial charge in [-0.25, -0.2) is 4.98 Å². The minimum atomic E-state index is 0.881. The molecular formula is C45H30N2O. The van der Waals surface area contributed by atoms with Crippen molar-refractivity contribution in [3.63, 3.8) is 0 Å². The van der Waals surface area contributed by atoms with E-state index in [4.69, 9.17) is 9.40 Å². The van der Waals surface area contributed by atoms with Gasteiger partial charge in [-0.3, -0.25) is 0 Å². The summed E-state index contributed by atoms with van der Waals surface area (Å²) in [7, 11) is 0. The molecule has 0 saturated carbocycles. The molecule has 0 bridgehead atoms. The number of benzene rings is 6. The van der Waals surface area contributed by atoms with E-state index in [0.717, 1.165) is 73.8 Å². The first-order valence-electron chi connectivity index (χ1n) is 16.6. The van der Waals surface area contributed by atoms with Crippen molar-refractivity contribution >= 4 is 55.4 Å². The van der Waals surface area contributed by atoms with Crippen molar-refractivity contribution in [2.75, 3.05) is 0 Å². The van der Waals surface area contributed by atoms with Gasteiger partial charge in [0.2, 0.25) is 0 Å². The Morgan fingerprint density at radius 2 is 1.29 bits per heavy atom. The van der Waals surface area contributed by atoms with Crippen LogP contribution in [0, 0.1) is 0 Å². The highest BCUT2D eigenvalue weighted by atomic mass is 16.3. The van der Waals surface area contributed by atoms with Gasteiger partial charge in [0.15, 0.2) is 0 Å². The van der Waals surface area contributed by atoms with Crippen LogP contribution in [0.2, 0.25) is 0 Å². The Kier molecular flexibility index (Phi) is 6.00. The van der Waals surface area contributed by atoms with Gasteiger partial charge in [-0.15, -0.1) is 0 Å². The summed E-state index contributed by atoms with van der Waals surface area (Å²) in [5, 5.41) is 4.68. The quantitative estimate of drug-likeness (QED) is 0.197. The molecule has 48 heavy (non-hydrogen) atoms. The number of furan rings is 1. The smallest absolute Gasteiger partial charge is 0.137 e. The predicted octanol–water partition coefficient (Wildman–Crippen LogP) is 11.9. The molecule has 6 aromatic carbocycles. The fourth-order valence-corrected chi connectivity index (χ4v) is 7.73. The number of para-hydroxylation sites is 2. The number of rotatable bonds is 4. The van der Waals surface area contributed by atoms with Gasteiger partial charge in [0.05, 0.1) is 22.4 Å². The Balaban J connectivity index is 1.18. The third kappa shape index (κ3) is 4.18. The van der Waals surface area contributed by atoms with E-state index in [0.29, 0.717) is 0 Å². The van der Waals surface area contributed by atoms with Crippen LogP contribution in [-0.2, 0) is 6.42 Å². The number of hydrogen-bond donors (Lipinski definition) is 0. The molecule has 3 nitrogen and oxygen atoms in total. The molecule has 0 fully saturated rings. The third-order valence-corrected chi connectivity index (χ3v) is 9.93. The minimum Gasteiger partial charge on any atom is -0.456 e. The van der Waals surface area contributed by atoms with E-state index in [1.165, 1.54) is 33.3 Å². The second kappa shape index (κ2) is 10.7. The zero-order valence-electron chi connectivity index (χ0n) is 26.2. The third-order valence-electron chi connectivity index (χ3n) is 9.93. The molecule has 9 aromatic rings. The highest BCUT2D eigenvalue weighted by Gasteiger charge is 2.23. The summed E-state index contributed by atoms with van der Waals surface area (Å²) >= 11 is 0. The van der Waals surface area contributed by atoms with Crippen LogP contribution < -0.4 is 0 Å². The summed E-state index contributed by atoms with van der Waals surface area (Å²) < 4.78 is 9.10. The van der Waals surface area contributed by atoms with E-state index in [-0.39, 0.29) is 0 Å². The van der Waals surface area contributed by atoms with Gasteiger partial charge in [-0.2, -0.15) is 0 Å². The van der Waals surface area contributed by atoms with Crippen LogP contribution in [0.1, 0.15) is 23.2 Å². The van der Waals surface area contributed by atoms with Gasteiger partial charge in [0, 0.05) is 38.9 Å². The summed E-state index contributed by atoms with van der Waals surface area (Å²) in [5.41, 5.74) is 14.8. The molecule has 10 rings (SSSR count). The molecule has 0 unspecified atom stereocenters. The summed E-state index contributed by atoms with van der Waals surface area (Å²) in [5.74, 6) is 0. The van der Waals surface area contributed by atoms with Crippen molar-refractivity contribution in [1.82, 2.24) is 9.55 Å². The van der Waals surface area contributed by atoms with Gasteiger partial charge in [-0.05, 0) is 83.1 Å². The molecule has 3 heteroatoms. The lowest BCUT2D eigenvalue weighted by atomic mass is 9.91. The first-order valence-corrected chi connectivity index (χ1v) is 16.6. The SMILES string of the molecule is C1=C(c2ccccc2)CCc2c1n(-c1ccc3c(c1)oc1cccc(-c4cc(-c5ccccc5)nc5ccccc45)c13)c1ccccc21. The Morgan fingerprint density at radius 3 is 2.15 bits per heavy atom. The minimum absolute atomic E-state index is 0.881. The van der Waals surface area contributed by atoms with Gasteiger partial charge in [0.1, 0.15) is 11.2 Å². The molecule has 0 radical (unpaired) electrons. The number of nitrogens with zero attached hydrogens (tertiary/aromatic N) is 2. The zero-order valence-corrected chi connectivity index (χ0v) is 26.2. The van der Waals surface area contributed by atoms with Crippen LogP contribution in [0.3, 0.4) is 0 Å². The number of hydrogen-bond acceptors (Lipinski definition) is 2. The summed E-state index contributed by atoms with van der Waals surface area (Å²) in [6.07, 6.45) is 4.45. The fraction of sp³-hybridized carbons (Fsp3) is 0.0444. The van der Waals surface area contributed by atoms with Crippen molar-refractivity contribution in [1.29, 1.82) is 0 Å². The highest BCUT2D eigenvalue weighted by Crippen LogP contribution is 2.43. The topological polar surface area (TPSA) is 31.0 Å². The van der Waals surface area contributed by atoms with Gasteiger partial charge < -0.3 is 8.98 Å². The van der Waals surface area contributed by atoms with Crippen molar-refractivity contribution in [2.45, 2.75) is 12.8 Å². The zero-order chi connectivity index (χ0) is 31.6. The number of aryl methyl sites for hydroxylation is 1. The van der Waals surface area contributed by atoms with Crippen molar-refractivity contribution in [2.24, 2.45) is 0 Å². The van der Waals surface area contributed by atoms with Crippen LogP contribution in [0.15, 0.2) is 156 Å². The standard InChI is InChI=1S/C45H30N2O/c1-3-12-29(13-4-1)31-22-24-35-34-17-8-10-20-41(34)47(42(35)26-31)32-23-25-37-44(27-32)48-43-21-11-18-36(45(37)43)38-28-40(30-14-5-2-6-15-30)46-39-19-9-7-16-33(38)39/h1-21,23,25-28H,22,24H2. The first kappa shape index (κ1) is 27.0. The lowest BCUT2D eigenvalue weighted by Gasteiger charge is -2.17. The van der Waals surface area contributed by atoms with Crippen LogP contribution >= 0.6 is 0 Å². The lowest BCUT2D eigenvalue weighted by Crippen LogP contribution is -2.03. The number of pyridine rings is 1. The second-order valence-corrected chi connectivity index (χ2v) is 12.7. The Hall–Kier alpha value is -6.19. The molecule has 0 spiro atoms. The predicted molar refractivity (Wildman–Crippen MR) is 199 cm³/mol. The van der Waals surface area contributed by atoms with Gasteiger partial charge in [-0.1, -0.05) is 109 Å². The van der Waals surface area contributed by atoms with E-state index < -0.39 is 0 Å². The average Bonchev–Trinajstić information content (AvgIpc) is 3.70. The maximum absolute atomic E-state index is 6.68. The van der Waals surface area contributed by atoms with E-state index in [1.807, 2.05) is 6.07 Å². The largest absolute Gasteiger partial charge is 0.456 e. The molecule has 3 aromatic heterocycles. The molecular weight excluding hydrogens is 585 g/mol. The normalized spacial score (nSPS) is 13.0. The van der Waals surface area contributed by atoms with Crippen molar-refractivity contribution in [3.8, 4) is 28.1 Å². The van der Waals surface area contributed by atoms with E-state index >= 15 is 0 Å². The first-order chi connectivity index (χ1) is 23.8. The fourth-order valence-electron chi connectivity index (χ4n) is 7.73. The van der Waals surface area contributed by atoms with Crippen LogP contribution in [0.4, 0.5) is 0 Å². The summed E-state index contributed by atoms with van der Waals surface area (Å²) in [6, 6.07) is 53.8. The second-order valence-electron chi connectivity index (χ2n) is 12.7. The molecule has 1 aliphatic rings. The number of allylic oxidation sites excluding steroid dienone is 1. The van der Waals surface area contributed by atoms with Crippen LogP contribution in [0.5, 0.6) is 0 Å². The van der Waals surface area contributed by atoms with Crippen molar-refractivity contribution in [3.05, 3.63) is 168 Å². The summed E-state index contributed by atoms with van der Waals surface area (Å²) in [4.78, 5) is 5.06. The molecule has 0 N–H and O–H groups in total. The van der Waals surface area contributed by atoms with Gasteiger partial charge >= 0.3 is 0 Å². The Morgan fingerprint density at radius 1 is 0.542 bits per heavy atom. The molecule has 0 aliphatic heterocycles. The number of aromatic nitrogens is 2. The van der Waals surface area contributed by atoms with Crippen LogP contribution in [-0.4, -0.2) is 9.55 Å². The highest BCUT2D eigenvalue weighted by molar-refractivity contribution is 6.15. The average molecular weight is 615 g/mol. The monoisotopic (exact) mass is 614 g/mol. The van der Waals surface area contributed by atoms with Gasteiger partial charge in [0.25, 0.3) is 0 Å². The molecule has 0 amide bonds. The molecule has 0 saturated heterocycles. The maximum atomic E-state index is 6.68. The Bertz CT molecular complexity index is 2710. The maximum Gasteiger partial charge on any atom is 0.137 e. The molecule has 0 atom stereocenters. The lowest BCUT2D eigenvalue weighted by molar-refractivity contribution is 0.668. The molecule has 1 aliphatic carbocycles. The van der Waals surface area contributed by atoms with Crippen molar-refractivity contribution < 1.29 is 4.42 Å². The Labute approximate surface area is 278 Å². The number of fused-ring (bicyclic) bond motifs is 7. The van der Waals surface area contributed by atoms with E-state index in [2.05, 4.69) is 156 Å². The van der Waals surface area contributed by atoms with Crippen LogP contribution in [0.25, 0.3) is 83.5 Å². The van der Waals surface area contributed by atoms with E-state index in [1.54, 1.807) is 0 Å². The molecule has 3 heterocycles. The summed E-state index contributed by atoms with van der Waals surface area (Å²) in [6.45, 7) is 0. The van der Waals surface area contributed by atoms with E-state index in [9.17, 15) is 0 Å².